The van der Waals surface area contributed by atoms with E-state index in [1.54, 1.807) is 37.4 Å². The molecule has 0 heterocycles. The van der Waals surface area contributed by atoms with Crippen molar-refractivity contribution in [3.8, 4) is 17.2 Å². The summed E-state index contributed by atoms with van der Waals surface area (Å²) < 4.78 is 29.8. The van der Waals surface area contributed by atoms with Crippen LogP contribution in [0.25, 0.3) is 0 Å². The van der Waals surface area contributed by atoms with Crippen LogP contribution in [0.3, 0.4) is 0 Å². The molecule has 6 heteroatoms. The Kier molecular flexibility index (Phi) is 7.05. The van der Waals surface area contributed by atoms with E-state index in [1.165, 1.54) is 25.2 Å². The number of hydrogen-bond donors (Lipinski definition) is 0. The van der Waals surface area contributed by atoms with Crippen LogP contribution in [0.5, 0.6) is 17.2 Å². The van der Waals surface area contributed by atoms with Crippen LogP contribution in [0.2, 0.25) is 0 Å². The fraction of sp³-hybridized carbons (Fsp3) is 0.381. The Morgan fingerprint density at radius 3 is 2.30 bits per heavy atom. The maximum absolute atomic E-state index is 13.8. The summed E-state index contributed by atoms with van der Waals surface area (Å²) >= 11 is 0. The first-order valence-corrected chi connectivity index (χ1v) is 8.74. The first kappa shape index (κ1) is 20.6. The van der Waals surface area contributed by atoms with E-state index in [9.17, 15) is 9.18 Å². The van der Waals surface area contributed by atoms with Gasteiger partial charge in [0.15, 0.2) is 23.1 Å². The number of carbonyl (C=O) groups excluding carboxylic acids is 1. The van der Waals surface area contributed by atoms with Gasteiger partial charge in [0, 0.05) is 19.2 Å². The maximum atomic E-state index is 13.8. The number of methoxy groups -OCH3 is 2. The van der Waals surface area contributed by atoms with Gasteiger partial charge in [-0.2, -0.15) is 0 Å². The molecule has 0 aliphatic rings. The molecule has 0 fully saturated rings. The second-order valence-corrected chi connectivity index (χ2v) is 6.70. The van der Waals surface area contributed by atoms with Crippen molar-refractivity contribution in [2.45, 2.75) is 20.4 Å². The van der Waals surface area contributed by atoms with E-state index < -0.39 is 5.82 Å². The van der Waals surface area contributed by atoms with E-state index in [-0.39, 0.29) is 18.2 Å². The van der Waals surface area contributed by atoms with Gasteiger partial charge in [-0.1, -0.05) is 19.9 Å². The summed E-state index contributed by atoms with van der Waals surface area (Å²) in [7, 11) is 4.62. The van der Waals surface area contributed by atoms with Gasteiger partial charge in [-0.25, -0.2) is 4.39 Å². The summed E-state index contributed by atoms with van der Waals surface area (Å²) in [6.45, 7) is 4.95. The van der Waals surface area contributed by atoms with Crippen LogP contribution in [0, 0.1) is 11.7 Å². The zero-order valence-corrected chi connectivity index (χ0v) is 16.4. The number of halogens is 1. The van der Waals surface area contributed by atoms with Gasteiger partial charge in [0.1, 0.15) is 0 Å². The number of carbonyl (C=O) groups is 1. The normalized spacial score (nSPS) is 10.6. The van der Waals surface area contributed by atoms with Crippen molar-refractivity contribution in [2.24, 2.45) is 5.92 Å². The van der Waals surface area contributed by atoms with E-state index in [0.717, 1.165) is 0 Å². The highest BCUT2D eigenvalue weighted by Crippen LogP contribution is 2.29. The van der Waals surface area contributed by atoms with Crippen LogP contribution in [0.15, 0.2) is 36.4 Å². The number of nitrogens with zero attached hydrogens (tertiary/aromatic N) is 1. The Hall–Kier alpha value is -2.76. The van der Waals surface area contributed by atoms with Gasteiger partial charge < -0.3 is 19.1 Å². The molecule has 0 aliphatic carbocycles. The Labute approximate surface area is 159 Å². The van der Waals surface area contributed by atoms with Gasteiger partial charge in [0.2, 0.25) is 0 Å². The third kappa shape index (κ3) is 5.36. The second-order valence-electron chi connectivity index (χ2n) is 6.70. The molecule has 0 aliphatic heterocycles. The lowest BCUT2D eigenvalue weighted by Gasteiger charge is -2.19. The number of ether oxygens (including phenoxy) is 3. The summed E-state index contributed by atoms with van der Waals surface area (Å²) in [6.07, 6.45) is 0. The van der Waals surface area contributed by atoms with Gasteiger partial charge >= 0.3 is 0 Å². The summed E-state index contributed by atoms with van der Waals surface area (Å²) in [5, 5.41) is 0. The van der Waals surface area contributed by atoms with Crippen molar-refractivity contribution in [1.82, 2.24) is 4.90 Å². The van der Waals surface area contributed by atoms with Crippen molar-refractivity contribution in [3.63, 3.8) is 0 Å². The van der Waals surface area contributed by atoms with E-state index in [2.05, 4.69) is 13.8 Å². The van der Waals surface area contributed by atoms with Gasteiger partial charge in [0.25, 0.3) is 5.91 Å². The molecule has 0 bridgehead atoms. The van der Waals surface area contributed by atoms with Gasteiger partial charge in [0.05, 0.1) is 20.8 Å². The topological polar surface area (TPSA) is 48.0 Å². The van der Waals surface area contributed by atoms with Crippen molar-refractivity contribution in [1.29, 1.82) is 0 Å². The molecule has 0 unspecified atom stereocenters. The molecule has 0 saturated heterocycles. The largest absolute Gasteiger partial charge is 0.494 e. The van der Waals surface area contributed by atoms with Crippen LogP contribution >= 0.6 is 0 Å². The molecule has 27 heavy (non-hydrogen) atoms. The fourth-order valence-electron chi connectivity index (χ4n) is 2.55. The zero-order valence-electron chi connectivity index (χ0n) is 16.4. The lowest BCUT2D eigenvalue weighted by atomic mass is 10.1. The van der Waals surface area contributed by atoms with Crippen LogP contribution in [0.1, 0.15) is 29.8 Å². The zero-order chi connectivity index (χ0) is 20.0. The highest BCUT2D eigenvalue weighted by Gasteiger charge is 2.16. The van der Waals surface area contributed by atoms with Gasteiger partial charge in [-0.05, 0) is 41.8 Å². The minimum Gasteiger partial charge on any atom is -0.494 e. The Morgan fingerprint density at radius 1 is 1.04 bits per heavy atom. The maximum Gasteiger partial charge on any atom is 0.254 e. The highest BCUT2D eigenvalue weighted by molar-refractivity contribution is 5.94. The third-order valence-corrected chi connectivity index (χ3v) is 3.97. The third-order valence-electron chi connectivity index (χ3n) is 3.97. The summed E-state index contributed by atoms with van der Waals surface area (Å²) in [5.41, 5.74) is 1.15. The Bertz CT molecular complexity index is 792. The van der Waals surface area contributed by atoms with Crippen molar-refractivity contribution < 1.29 is 23.4 Å². The molecular weight excluding hydrogens is 349 g/mol. The first-order chi connectivity index (χ1) is 12.8. The molecule has 5 nitrogen and oxygen atoms in total. The lowest BCUT2D eigenvalue weighted by molar-refractivity contribution is 0.0784. The molecule has 2 aromatic carbocycles. The average Bonchev–Trinajstić information content (AvgIpc) is 2.65. The number of benzene rings is 2. The Balaban J connectivity index is 2.12. The van der Waals surface area contributed by atoms with Crippen LogP contribution in [-0.2, 0) is 6.54 Å². The molecule has 146 valence electrons. The van der Waals surface area contributed by atoms with Crippen molar-refractivity contribution >= 4 is 5.91 Å². The Morgan fingerprint density at radius 2 is 1.70 bits per heavy atom. The SMILES string of the molecule is COc1ccc(CN(C)C(=O)c2ccc(OCC(C)C)c(OC)c2)cc1F. The molecule has 0 aromatic heterocycles. The highest BCUT2D eigenvalue weighted by atomic mass is 19.1. The van der Waals surface area contributed by atoms with Gasteiger partial charge in [-0.15, -0.1) is 0 Å². The predicted molar refractivity (Wildman–Crippen MR) is 102 cm³/mol. The molecule has 0 N–H and O–H groups in total. The lowest BCUT2D eigenvalue weighted by Crippen LogP contribution is -2.26. The van der Waals surface area contributed by atoms with Crippen molar-refractivity contribution in [3.05, 3.63) is 53.3 Å². The molecule has 2 rings (SSSR count). The van der Waals surface area contributed by atoms with E-state index in [4.69, 9.17) is 14.2 Å². The standard InChI is InChI=1S/C21H26FNO4/c1-14(2)13-27-19-9-7-16(11-20(19)26-5)21(24)23(3)12-15-6-8-18(25-4)17(22)10-15/h6-11,14H,12-13H2,1-5H3. The van der Waals surface area contributed by atoms with Crippen LogP contribution in [0.4, 0.5) is 4.39 Å². The first-order valence-electron chi connectivity index (χ1n) is 8.74. The van der Waals surface area contributed by atoms with Crippen LogP contribution < -0.4 is 14.2 Å². The molecule has 0 saturated carbocycles. The number of hydrogen-bond acceptors (Lipinski definition) is 4. The molecule has 0 radical (unpaired) electrons. The minimum absolute atomic E-state index is 0.175. The average molecular weight is 375 g/mol. The minimum atomic E-state index is -0.454. The van der Waals surface area contributed by atoms with E-state index in [0.29, 0.717) is 35.2 Å². The summed E-state index contributed by atoms with van der Waals surface area (Å²) in [5.74, 6) is 1.01. The van der Waals surface area contributed by atoms with E-state index >= 15 is 0 Å². The van der Waals surface area contributed by atoms with Gasteiger partial charge in [-0.3, -0.25) is 4.79 Å². The monoisotopic (exact) mass is 375 g/mol. The molecule has 0 atom stereocenters. The van der Waals surface area contributed by atoms with Crippen LogP contribution in [-0.4, -0.2) is 38.7 Å². The summed E-state index contributed by atoms with van der Waals surface area (Å²) in [6, 6.07) is 9.73. The molecule has 1 amide bonds. The number of rotatable bonds is 8. The van der Waals surface area contributed by atoms with E-state index in [1.807, 2.05) is 0 Å². The molecule has 0 spiro atoms. The summed E-state index contributed by atoms with van der Waals surface area (Å²) in [4.78, 5) is 14.2. The second kappa shape index (κ2) is 9.26. The predicted octanol–water partition coefficient (Wildman–Crippen LogP) is 4.15. The quantitative estimate of drug-likeness (QED) is 0.695. The number of amides is 1. The molecular formula is C21H26FNO4. The molecule has 2 aromatic rings. The fourth-order valence-corrected chi connectivity index (χ4v) is 2.55. The van der Waals surface area contributed by atoms with Crippen molar-refractivity contribution in [2.75, 3.05) is 27.9 Å². The smallest absolute Gasteiger partial charge is 0.254 e.